The number of carbonyl (C=O) groups is 2. The minimum absolute atomic E-state index is 0.0621. The first-order valence-electron chi connectivity index (χ1n) is 8.78. The van der Waals surface area contributed by atoms with Gasteiger partial charge in [-0.15, -0.1) is 22.7 Å². The van der Waals surface area contributed by atoms with Crippen LogP contribution in [-0.2, 0) is 0 Å². The van der Waals surface area contributed by atoms with Crippen molar-refractivity contribution in [3.63, 3.8) is 0 Å². The van der Waals surface area contributed by atoms with Gasteiger partial charge in [0.1, 0.15) is 21.6 Å². The Kier molecular flexibility index (Phi) is 5.40. The Morgan fingerprint density at radius 3 is 2.66 bits per heavy atom. The number of nitrogens with zero attached hydrogens (tertiary/aromatic N) is 3. The van der Waals surface area contributed by atoms with Gasteiger partial charge in [-0.25, -0.2) is 13.8 Å². The van der Waals surface area contributed by atoms with E-state index in [-0.39, 0.29) is 20.8 Å². The molecule has 0 fully saturated rings. The van der Waals surface area contributed by atoms with Crippen LogP contribution in [0.15, 0.2) is 24.4 Å². The lowest BCUT2D eigenvalue weighted by Gasteiger charge is -2.09. The van der Waals surface area contributed by atoms with Gasteiger partial charge in [-0.2, -0.15) is 5.10 Å². The second-order valence-electron chi connectivity index (χ2n) is 6.50. The fourth-order valence-electron chi connectivity index (χ4n) is 3.06. The summed E-state index contributed by atoms with van der Waals surface area (Å²) in [4.78, 5) is 40.6. The topological polar surface area (TPSA) is 157 Å². The normalized spacial score (nSPS) is 11.2. The molecule has 0 radical (unpaired) electrons. The lowest BCUT2D eigenvalue weighted by molar-refractivity contribution is -0.385. The molecule has 2 amide bonds. The third-order valence-corrected chi connectivity index (χ3v) is 6.55. The highest BCUT2D eigenvalue weighted by molar-refractivity contribution is 7.21. The number of rotatable bonds is 6. The molecule has 0 atom stereocenters. The number of nitrogens with two attached hydrogens (primary N) is 1. The number of fused-ring (bicyclic) bond motifs is 1. The Bertz CT molecular complexity index is 1390. The zero-order valence-electron chi connectivity index (χ0n) is 16.0. The fraction of sp³-hybridized carbons (Fsp3) is 0.111. The summed E-state index contributed by atoms with van der Waals surface area (Å²) in [6.07, 6.45) is -2.00. The van der Waals surface area contributed by atoms with Gasteiger partial charge in [-0.3, -0.25) is 24.8 Å². The molecule has 164 valence electrons. The number of aryl methyl sites for hydroxylation is 1. The minimum atomic E-state index is -2.87. The highest BCUT2D eigenvalue weighted by atomic mass is 32.1. The lowest BCUT2D eigenvalue weighted by Crippen LogP contribution is -2.18. The van der Waals surface area contributed by atoms with Gasteiger partial charge in [0.2, 0.25) is 5.69 Å². The maximum absolute atomic E-state index is 13.5. The van der Waals surface area contributed by atoms with E-state index in [0.29, 0.717) is 10.4 Å². The number of aromatic amines is 1. The Hall–Kier alpha value is -3.78. The molecule has 0 aliphatic carbocycles. The Morgan fingerprint density at radius 2 is 2.06 bits per heavy atom. The van der Waals surface area contributed by atoms with E-state index in [9.17, 15) is 28.5 Å². The van der Waals surface area contributed by atoms with Crippen molar-refractivity contribution in [3.8, 4) is 10.4 Å². The summed E-state index contributed by atoms with van der Waals surface area (Å²) in [6.45, 7) is 1.84. The summed E-state index contributed by atoms with van der Waals surface area (Å²) in [5, 5.41) is 19.6. The Labute approximate surface area is 185 Å². The number of amides is 2. The van der Waals surface area contributed by atoms with Crippen LogP contribution in [0.3, 0.4) is 0 Å². The van der Waals surface area contributed by atoms with Crippen molar-refractivity contribution in [2.45, 2.75) is 13.3 Å². The summed E-state index contributed by atoms with van der Waals surface area (Å²) in [5.74, 6) is -1.88. The summed E-state index contributed by atoms with van der Waals surface area (Å²) >= 11 is 2.06. The van der Waals surface area contributed by atoms with Crippen LogP contribution in [0.1, 0.15) is 37.2 Å². The molecular weight excluding hydrogens is 466 g/mol. The molecule has 0 aliphatic heterocycles. The van der Waals surface area contributed by atoms with Crippen LogP contribution in [0, 0.1) is 17.0 Å². The fourth-order valence-corrected chi connectivity index (χ4v) is 4.96. The molecule has 4 aromatic heterocycles. The van der Waals surface area contributed by atoms with Crippen molar-refractivity contribution in [1.29, 1.82) is 0 Å². The van der Waals surface area contributed by atoms with E-state index in [1.165, 1.54) is 17.4 Å². The number of hydrogen-bond donors (Lipinski definition) is 3. The van der Waals surface area contributed by atoms with Crippen LogP contribution < -0.4 is 11.1 Å². The molecule has 0 unspecified atom stereocenters. The van der Waals surface area contributed by atoms with Gasteiger partial charge in [0, 0.05) is 20.7 Å². The molecule has 0 aromatic carbocycles. The van der Waals surface area contributed by atoms with Crippen molar-refractivity contribution in [2.24, 2.45) is 5.73 Å². The van der Waals surface area contributed by atoms with Crippen molar-refractivity contribution in [3.05, 3.63) is 55.7 Å². The first-order chi connectivity index (χ1) is 15.2. The third-order valence-electron chi connectivity index (χ3n) is 4.42. The zero-order valence-corrected chi connectivity index (χ0v) is 17.6. The average Bonchev–Trinajstić information content (AvgIpc) is 3.45. The average molecular weight is 478 g/mol. The highest BCUT2D eigenvalue weighted by Gasteiger charge is 2.28. The van der Waals surface area contributed by atoms with Crippen molar-refractivity contribution < 1.29 is 23.3 Å². The van der Waals surface area contributed by atoms with Gasteiger partial charge in [-0.05, 0) is 25.1 Å². The Balaban J connectivity index is 1.95. The summed E-state index contributed by atoms with van der Waals surface area (Å²) in [7, 11) is 0. The predicted octanol–water partition coefficient (Wildman–Crippen LogP) is 4.25. The summed E-state index contributed by atoms with van der Waals surface area (Å²) in [6, 6.07) is 4.70. The molecule has 32 heavy (non-hydrogen) atoms. The minimum Gasteiger partial charge on any atom is -0.365 e. The monoisotopic (exact) mass is 478 g/mol. The van der Waals surface area contributed by atoms with Crippen molar-refractivity contribution >= 4 is 56.1 Å². The molecule has 14 heteroatoms. The molecule has 0 saturated heterocycles. The molecule has 0 saturated carbocycles. The van der Waals surface area contributed by atoms with Crippen molar-refractivity contribution in [2.75, 3.05) is 5.32 Å². The number of carbonyl (C=O) groups excluding carboxylic acids is 2. The number of hydrogen-bond acceptors (Lipinski definition) is 8. The van der Waals surface area contributed by atoms with Crippen LogP contribution in [-0.4, -0.2) is 31.9 Å². The first-order valence-corrected chi connectivity index (χ1v) is 10.4. The quantitative estimate of drug-likeness (QED) is 0.278. The van der Waals surface area contributed by atoms with Gasteiger partial charge in [0.25, 0.3) is 18.2 Å². The molecule has 10 nitrogen and oxygen atoms in total. The number of anilines is 1. The summed E-state index contributed by atoms with van der Waals surface area (Å²) < 4.78 is 27.0. The first kappa shape index (κ1) is 21.5. The van der Waals surface area contributed by atoms with E-state index in [2.05, 4.69) is 20.5 Å². The number of nitrogens with one attached hydrogen (secondary N) is 2. The molecule has 4 rings (SSSR count). The van der Waals surface area contributed by atoms with Gasteiger partial charge in [0.05, 0.1) is 10.6 Å². The maximum atomic E-state index is 13.5. The summed E-state index contributed by atoms with van der Waals surface area (Å²) in [5.41, 5.74) is 4.19. The van der Waals surface area contributed by atoms with Gasteiger partial charge >= 0.3 is 5.69 Å². The van der Waals surface area contributed by atoms with E-state index >= 15 is 0 Å². The van der Waals surface area contributed by atoms with Crippen LogP contribution in [0.5, 0.6) is 0 Å². The largest absolute Gasteiger partial charge is 0.365 e. The van der Waals surface area contributed by atoms with E-state index in [1.807, 2.05) is 6.92 Å². The van der Waals surface area contributed by atoms with E-state index in [1.54, 1.807) is 12.1 Å². The van der Waals surface area contributed by atoms with E-state index < -0.39 is 40.2 Å². The SMILES string of the molecule is Cc1ccc(-c2cc(C(F)F)nc3sc(C(N)=O)c(NC(=O)c4[nH]ncc4[N+](=O)[O-])c23)s1. The number of halogens is 2. The number of primary amides is 1. The number of pyridine rings is 1. The molecule has 0 bridgehead atoms. The number of aromatic nitrogens is 3. The van der Waals surface area contributed by atoms with E-state index in [4.69, 9.17) is 5.73 Å². The van der Waals surface area contributed by atoms with Crippen molar-refractivity contribution in [1.82, 2.24) is 15.2 Å². The lowest BCUT2D eigenvalue weighted by atomic mass is 10.1. The second-order valence-corrected chi connectivity index (χ2v) is 8.78. The van der Waals surface area contributed by atoms with Crippen LogP contribution in [0.25, 0.3) is 20.7 Å². The van der Waals surface area contributed by atoms with Crippen LogP contribution in [0.2, 0.25) is 0 Å². The van der Waals surface area contributed by atoms with Gasteiger partial charge in [0.15, 0.2) is 0 Å². The smallest absolute Gasteiger partial charge is 0.319 e. The number of alkyl halides is 2. The third kappa shape index (κ3) is 3.69. The molecule has 4 N–H and O–H groups in total. The van der Waals surface area contributed by atoms with Crippen LogP contribution in [0.4, 0.5) is 20.2 Å². The molecule has 4 heterocycles. The molecular formula is C18H12F2N6O4S2. The number of thiophene rings is 2. The number of nitro groups is 1. The second kappa shape index (κ2) is 8.05. The highest BCUT2D eigenvalue weighted by Crippen LogP contribution is 2.44. The molecule has 0 aliphatic rings. The maximum Gasteiger partial charge on any atom is 0.319 e. The number of H-pyrrole nitrogens is 1. The standard InChI is InChI=1S/C18H12F2N6O4S2/c1-6-2-3-10(31-6)7-4-8(15(19)20)23-18-11(7)13(14(32-18)16(21)27)24-17(28)12-9(26(29)30)5-22-25-12/h2-5,15H,1H3,(H2,21,27)(H,22,25)(H,24,28). The van der Waals surface area contributed by atoms with E-state index in [0.717, 1.165) is 22.4 Å². The Morgan fingerprint density at radius 1 is 1.31 bits per heavy atom. The zero-order chi connectivity index (χ0) is 23.2. The van der Waals surface area contributed by atoms with Gasteiger partial charge in [-0.1, -0.05) is 0 Å². The van der Waals surface area contributed by atoms with Crippen LogP contribution >= 0.6 is 22.7 Å². The molecule has 0 spiro atoms. The van der Waals surface area contributed by atoms with Gasteiger partial charge < -0.3 is 11.1 Å². The predicted molar refractivity (Wildman–Crippen MR) is 114 cm³/mol. The molecule has 4 aromatic rings.